The molecule has 0 saturated heterocycles. The highest BCUT2D eigenvalue weighted by molar-refractivity contribution is 4.84. The van der Waals surface area contributed by atoms with E-state index in [-0.39, 0.29) is 0 Å². The molecule has 0 amide bonds. The van der Waals surface area contributed by atoms with Crippen LogP contribution in [-0.2, 0) is 0 Å². The van der Waals surface area contributed by atoms with Crippen LogP contribution >= 0.6 is 0 Å². The maximum Gasteiger partial charge on any atom is 0.0431 e. The molecule has 1 rings (SSSR count). The van der Waals surface area contributed by atoms with E-state index in [1.54, 1.807) is 0 Å². The Kier molecular flexibility index (Phi) is 6.26. The summed E-state index contributed by atoms with van der Waals surface area (Å²) < 4.78 is 0. The average molecular weight is 213 g/mol. The highest BCUT2D eigenvalue weighted by Crippen LogP contribution is 2.30. The van der Waals surface area contributed by atoms with Crippen LogP contribution in [0.25, 0.3) is 0 Å². The molecule has 0 bridgehead atoms. The van der Waals surface area contributed by atoms with Crippen LogP contribution in [0.3, 0.4) is 0 Å². The van der Waals surface area contributed by atoms with Gasteiger partial charge in [0.15, 0.2) is 0 Å². The Morgan fingerprint density at radius 2 is 1.80 bits per heavy atom. The van der Waals surface area contributed by atoms with Gasteiger partial charge in [-0.25, -0.2) is 0 Å². The minimum absolute atomic E-state index is 0.352. The Labute approximate surface area is 94.5 Å². The molecule has 2 N–H and O–H groups in total. The molecule has 15 heavy (non-hydrogen) atoms. The van der Waals surface area contributed by atoms with Gasteiger partial charge >= 0.3 is 0 Å². The molecule has 0 aromatic carbocycles. The maximum absolute atomic E-state index is 8.64. The van der Waals surface area contributed by atoms with E-state index in [0.29, 0.717) is 6.61 Å². The first-order valence-corrected chi connectivity index (χ1v) is 6.60. The first-order chi connectivity index (χ1) is 7.25. The van der Waals surface area contributed by atoms with Gasteiger partial charge in [-0.05, 0) is 44.1 Å². The molecule has 1 aliphatic rings. The fraction of sp³-hybridized carbons (Fsp3) is 1.00. The van der Waals surface area contributed by atoms with Gasteiger partial charge in [-0.3, -0.25) is 0 Å². The lowest BCUT2D eigenvalue weighted by atomic mass is 9.98. The summed E-state index contributed by atoms with van der Waals surface area (Å²) in [5.41, 5.74) is 0. The number of hydrogen-bond acceptors (Lipinski definition) is 2. The van der Waals surface area contributed by atoms with Crippen molar-refractivity contribution in [1.29, 1.82) is 0 Å². The van der Waals surface area contributed by atoms with Crippen LogP contribution in [0.15, 0.2) is 0 Å². The number of aliphatic hydroxyl groups excluding tert-OH is 1. The first kappa shape index (κ1) is 13.0. The molecule has 90 valence electrons. The highest BCUT2D eigenvalue weighted by atomic mass is 16.2. The highest BCUT2D eigenvalue weighted by Gasteiger charge is 2.28. The van der Waals surface area contributed by atoms with Gasteiger partial charge in [0.05, 0.1) is 0 Å². The molecule has 0 aromatic rings. The van der Waals surface area contributed by atoms with Gasteiger partial charge in [0.2, 0.25) is 0 Å². The third-order valence-corrected chi connectivity index (χ3v) is 3.96. The molecule has 2 heteroatoms. The number of aliphatic hydroxyl groups is 1. The lowest BCUT2D eigenvalue weighted by molar-refractivity contribution is 0.282. The van der Waals surface area contributed by atoms with Gasteiger partial charge in [-0.2, -0.15) is 0 Å². The summed E-state index contributed by atoms with van der Waals surface area (Å²) in [6, 6.07) is 0.762. The summed E-state index contributed by atoms with van der Waals surface area (Å²) >= 11 is 0. The quantitative estimate of drug-likeness (QED) is 0.637. The van der Waals surface area contributed by atoms with E-state index < -0.39 is 0 Å². The summed E-state index contributed by atoms with van der Waals surface area (Å²) in [6.07, 6.45) is 7.41. The average Bonchev–Trinajstić information content (AvgIpc) is 2.54. The molecule has 3 atom stereocenters. The lowest BCUT2D eigenvalue weighted by Gasteiger charge is -2.19. The van der Waals surface area contributed by atoms with Crippen LogP contribution < -0.4 is 5.32 Å². The van der Waals surface area contributed by atoms with Crippen LogP contribution in [0, 0.1) is 11.8 Å². The summed E-state index contributed by atoms with van der Waals surface area (Å²) in [6.45, 7) is 6.26. The molecule has 3 unspecified atom stereocenters. The topological polar surface area (TPSA) is 32.3 Å². The zero-order valence-corrected chi connectivity index (χ0v) is 10.3. The van der Waals surface area contributed by atoms with Crippen molar-refractivity contribution in [3.63, 3.8) is 0 Å². The molecule has 2 nitrogen and oxygen atoms in total. The minimum atomic E-state index is 0.352. The van der Waals surface area contributed by atoms with Crippen molar-refractivity contribution >= 4 is 0 Å². The zero-order chi connectivity index (χ0) is 11.1. The normalized spacial score (nSPS) is 31.0. The minimum Gasteiger partial charge on any atom is -0.396 e. The molecule has 1 saturated carbocycles. The van der Waals surface area contributed by atoms with Crippen molar-refractivity contribution in [1.82, 2.24) is 5.32 Å². The van der Waals surface area contributed by atoms with E-state index >= 15 is 0 Å². The second-order valence-corrected chi connectivity index (χ2v) is 5.11. The van der Waals surface area contributed by atoms with Gasteiger partial charge < -0.3 is 10.4 Å². The molecular formula is C13H27NO. The van der Waals surface area contributed by atoms with Crippen LogP contribution in [-0.4, -0.2) is 24.3 Å². The van der Waals surface area contributed by atoms with Crippen molar-refractivity contribution in [2.75, 3.05) is 13.2 Å². The van der Waals surface area contributed by atoms with E-state index in [2.05, 4.69) is 19.2 Å². The molecule has 1 fully saturated rings. The predicted molar refractivity (Wildman–Crippen MR) is 64.9 cm³/mol. The van der Waals surface area contributed by atoms with Crippen LogP contribution in [0.5, 0.6) is 0 Å². The Balaban J connectivity index is 1.96. The number of unbranched alkanes of at least 4 members (excludes halogenated alkanes) is 3. The maximum atomic E-state index is 8.64. The van der Waals surface area contributed by atoms with E-state index in [1.807, 2.05) is 0 Å². The fourth-order valence-electron chi connectivity index (χ4n) is 2.53. The summed E-state index contributed by atoms with van der Waals surface area (Å²) in [5, 5.41) is 12.3. The molecule has 0 aliphatic heterocycles. The summed E-state index contributed by atoms with van der Waals surface area (Å²) in [7, 11) is 0. The summed E-state index contributed by atoms with van der Waals surface area (Å²) in [4.78, 5) is 0. The molecular weight excluding hydrogens is 186 g/mol. The van der Waals surface area contributed by atoms with Crippen molar-refractivity contribution in [3.05, 3.63) is 0 Å². The second-order valence-electron chi connectivity index (χ2n) is 5.11. The zero-order valence-electron chi connectivity index (χ0n) is 10.3. The van der Waals surface area contributed by atoms with Gasteiger partial charge in [-0.15, -0.1) is 0 Å². The fourth-order valence-corrected chi connectivity index (χ4v) is 2.53. The van der Waals surface area contributed by atoms with Gasteiger partial charge in [0.1, 0.15) is 0 Å². The largest absolute Gasteiger partial charge is 0.396 e. The Morgan fingerprint density at radius 1 is 1.07 bits per heavy atom. The van der Waals surface area contributed by atoms with Gasteiger partial charge in [-0.1, -0.05) is 26.7 Å². The molecule has 0 aromatic heterocycles. The standard InChI is InChI=1S/C13H27NO/c1-11-7-8-13(12(11)2)14-9-5-3-4-6-10-15/h11-15H,3-10H2,1-2H3. The second kappa shape index (κ2) is 7.24. The Bertz CT molecular complexity index is 161. The van der Waals surface area contributed by atoms with Crippen LogP contribution in [0.4, 0.5) is 0 Å². The monoisotopic (exact) mass is 213 g/mol. The molecule has 0 radical (unpaired) electrons. The van der Waals surface area contributed by atoms with Crippen LogP contribution in [0.2, 0.25) is 0 Å². The van der Waals surface area contributed by atoms with Crippen molar-refractivity contribution in [2.24, 2.45) is 11.8 Å². The van der Waals surface area contributed by atoms with Gasteiger partial charge in [0.25, 0.3) is 0 Å². The van der Waals surface area contributed by atoms with E-state index in [4.69, 9.17) is 5.11 Å². The van der Waals surface area contributed by atoms with Gasteiger partial charge in [0, 0.05) is 12.6 Å². The van der Waals surface area contributed by atoms with E-state index in [9.17, 15) is 0 Å². The van der Waals surface area contributed by atoms with Crippen LogP contribution in [0.1, 0.15) is 52.4 Å². The molecule has 0 spiro atoms. The molecule has 1 aliphatic carbocycles. The third-order valence-electron chi connectivity index (χ3n) is 3.96. The van der Waals surface area contributed by atoms with Crippen molar-refractivity contribution in [3.8, 4) is 0 Å². The third kappa shape index (κ3) is 4.52. The Hall–Kier alpha value is -0.0800. The number of nitrogens with one attached hydrogen (secondary N) is 1. The smallest absolute Gasteiger partial charge is 0.0431 e. The number of rotatable bonds is 7. The SMILES string of the molecule is CC1CCC(NCCCCCCO)C1C. The Morgan fingerprint density at radius 3 is 2.40 bits per heavy atom. The van der Waals surface area contributed by atoms with Crippen molar-refractivity contribution in [2.45, 2.75) is 58.4 Å². The molecule has 0 heterocycles. The van der Waals surface area contributed by atoms with E-state index in [1.165, 1.54) is 32.1 Å². The lowest BCUT2D eigenvalue weighted by Crippen LogP contribution is -2.33. The number of hydrogen-bond donors (Lipinski definition) is 2. The van der Waals surface area contributed by atoms with E-state index in [0.717, 1.165) is 30.8 Å². The first-order valence-electron chi connectivity index (χ1n) is 6.60. The summed E-state index contributed by atoms with van der Waals surface area (Å²) in [5.74, 6) is 1.75. The predicted octanol–water partition coefficient (Wildman–Crippen LogP) is 2.56. The van der Waals surface area contributed by atoms with Crippen molar-refractivity contribution < 1.29 is 5.11 Å².